The molecule has 0 aromatic heterocycles. The molecule has 0 bridgehead atoms. The van der Waals surface area contributed by atoms with Crippen LogP contribution < -0.4 is 11.1 Å². The summed E-state index contributed by atoms with van der Waals surface area (Å²) >= 11 is 5.77. The number of rotatable bonds is 6. The molecule has 0 heterocycles. The van der Waals surface area contributed by atoms with Gasteiger partial charge in [0.1, 0.15) is 0 Å². The van der Waals surface area contributed by atoms with Crippen molar-refractivity contribution in [1.82, 2.24) is 5.32 Å². The Hall–Kier alpha value is -1.26. The number of nitrogens with one attached hydrogen (secondary N) is 1. The second kappa shape index (κ2) is 7.14. The van der Waals surface area contributed by atoms with Crippen molar-refractivity contribution in [1.29, 1.82) is 0 Å². The van der Waals surface area contributed by atoms with E-state index in [1.807, 2.05) is 6.92 Å². The van der Waals surface area contributed by atoms with E-state index >= 15 is 0 Å². The zero-order valence-corrected chi connectivity index (χ0v) is 10.6. The van der Waals surface area contributed by atoms with E-state index in [1.165, 1.54) is 0 Å². The Bertz CT molecular complexity index is 383. The Kier molecular flexibility index (Phi) is 5.80. The van der Waals surface area contributed by atoms with E-state index in [-0.39, 0.29) is 5.91 Å². The van der Waals surface area contributed by atoms with Gasteiger partial charge in [-0.05, 0) is 31.5 Å². The van der Waals surface area contributed by atoms with Gasteiger partial charge in [-0.15, -0.1) is 0 Å². The zero-order valence-electron chi connectivity index (χ0n) is 9.83. The van der Waals surface area contributed by atoms with Crippen LogP contribution in [0.2, 0.25) is 5.02 Å². The maximum atomic E-state index is 11.7. The highest BCUT2D eigenvalue weighted by Gasteiger charge is 2.06. The van der Waals surface area contributed by atoms with Crippen LogP contribution in [-0.2, 0) is 4.74 Å². The summed E-state index contributed by atoms with van der Waals surface area (Å²) in [5.41, 5.74) is 6.55. The quantitative estimate of drug-likeness (QED) is 0.605. The van der Waals surface area contributed by atoms with Gasteiger partial charge in [0.25, 0.3) is 5.91 Å². The number of ether oxygens (including phenoxy) is 1. The number of benzene rings is 1. The molecule has 0 aliphatic heterocycles. The molecule has 0 unspecified atom stereocenters. The SMILES string of the molecule is CCOCCCNC(=O)c1ccc(Cl)c(N)c1. The van der Waals surface area contributed by atoms with Crippen molar-refractivity contribution in [3.05, 3.63) is 28.8 Å². The fourth-order valence-corrected chi connectivity index (χ4v) is 1.43. The highest BCUT2D eigenvalue weighted by atomic mass is 35.5. The molecular formula is C12H17ClN2O2. The van der Waals surface area contributed by atoms with Crippen LogP contribution in [-0.4, -0.2) is 25.7 Å². The standard InChI is InChI=1S/C12H17ClN2O2/c1-2-17-7-3-6-15-12(16)9-4-5-10(13)11(14)8-9/h4-5,8H,2-3,6-7,14H2,1H3,(H,15,16). The summed E-state index contributed by atoms with van der Waals surface area (Å²) in [4.78, 5) is 11.7. The summed E-state index contributed by atoms with van der Waals surface area (Å²) in [5.74, 6) is -0.148. The van der Waals surface area contributed by atoms with Crippen LogP contribution in [0.3, 0.4) is 0 Å². The number of anilines is 1. The third kappa shape index (κ3) is 4.63. The maximum absolute atomic E-state index is 11.7. The van der Waals surface area contributed by atoms with Gasteiger partial charge in [0.2, 0.25) is 0 Å². The number of hydrogen-bond donors (Lipinski definition) is 2. The summed E-state index contributed by atoms with van der Waals surface area (Å²) in [5, 5.41) is 3.24. The Balaban J connectivity index is 2.39. The van der Waals surface area contributed by atoms with E-state index in [1.54, 1.807) is 18.2 Å². The molecule has 0 saturated heterocycles. The van der Waals surface area contributed by atoms with Gasteiger partial charge in [0.05, 0.1) is 10.7 Å². The van der Waals surface area contributed by atoms with Gasteiger partial charge in [-0.1, -0.05) is 11.6 Å². The van der Waals surface area contributed by atoms with Crippen LogP contribution in [0.1, 0.15) is 23.7 Å². The molecule has 0 aliphatic rings. The van der Waals surface area contributed by atoms with E-state index in [0.29, 0.717) is 36.0 Å². The number of hydrogen-bond acceptors (Lipinski definition) is 3. The fourth-order valence-electron chi connectivity index (χ4n) is 1.31. The Morgan fingerprint density at radius 1 is 1.53 bits per heavy atom. The molecule has 0 fully saturated rings. The molecule has 0 saturated carbocycles. The molecule has 1 amide bonds. The largest absolute Gasteiger partial charge is 0.398 e. The number of halogens is 1. The van der Waals surface area contributed by atoms with Gasteiger partial charge < -0.3 is 15.8 Å². The van der Waals surface area contributed by atoms with E-state index < -0.39 is 0 Å². The van der Waals surface area contributed by atoms with E-state index in [2.05, 4.69) is 5.32 Å². The van der Waals surface area contributed by atoms with Gasteiger partial charge in [-0.2, -0.15) is 0 Å². The molecule has 17 heavy (non-hydrogen) atoms. The van der Waals surface area contributed by atoms with E-state index in [4.69, 9.17) is 22.1 Å². The van der Waals surface area contributed by atoms with E-state index in [0.717, 1.165) is 6.42 Å². The van der Waals surface area contributed by atoms with Gasteiger partial charge in [-0.3, -0.25) is 4.79 Å². The third-order valence-corrected chi connectivity index (χ3v) is 2.56. The first-order chi connectivity index (χ1) is 8.15. The lowest BCUT2D eigenvalue weighted by Crippen LogP contribution is -2.25. The maximum Gasteiger partial charge on any atom is 0.251 e. The Morgan fingerprint density at radius 3 is 2.94 bits per heavy atom. The van der Waals surface area contributed by atoms with Crippen molar-refractivity contribution in [3.8, 4) is 0 Å². The molecular weight excluding hydrogens is 240 g/mol. The van der Waals surface area contributed by atoms with Crippen LogP contribution in [0.15, 0.2) is 18.2 Å². The molecule has 4 nitrogen and oxygen atoms in total. The van der Waals surface area contributed by atoms with Gasteiger partial charge >= 0.3 is 0 Å². The predicted octanol–water partition coefficient (Wildman–Crippen LogP) is 2.08. The first kappa shape index (κ1) is 13.8. The van der Waals surface area contributed by atoms with Crippen molar-refractivity contribution in [2.75, 3.05) is 25.5 Å². The van der Waals surface area contributed by atoms with Crippen LogP contribution in [0, 0.1) is 0 Å². The summed E-state index contributed by atoms with van der Waals surface area (Å²) in [6.45, 7) is 3.87. The average molecular weight is 257 g/mol. The van der Waals surface area contributed by atoms with Crippen LogP contribution in [0.4, 0.5) is 5.69 Å². The Morgan fingerprint density at radius 2 is 2.29 bits per heavy atom. The number of amides is 1. The lowest BCUT2D eigenvalue weighted by molar-refractivity contribution is 0.0944. The van der Waals surface area contributed by atoms with Gasteiger partial charge in [0, 0.05) is 25.3 Å². The van der Waals surface area contributed by atoms with Crippen LogP contribution in [0.5, 0.6) is 0 Å². The Labute approximate surface area is 106 Å². The molecule has 1 aromatic carbocycles. The number of carbonyl (C=O) groups is 1. The zero-order chi connectivity index (χ0) is 12.7. The van der Waals surface area contributed by atoms with Crippen LogP contribution in [0.25, 0.3) is 0 Å². The summed E-state index contributed by atoms with van der Waals surface area (Å²) < 4.78 is 5.17. The molecule has 94 valence electrons. The minimum atomic E-state index is -0.148. The third-order valence-electron chi connectivity index (χ3n) is 2.21. The van der Waals surface area contributed by atoms with Crippen molar-refractivity contribution in [2.24, 2.45) is 0 Å². The summed E-state index contributed by atoms with van der Waals surface area (Å²) in [6.07, 6.45) is 0.794. The van der Waals surface area contributed by atoms with Crippen molar-refractivity contribution >= 4 is 23.2 Å². The minimum absolute atomic E-state index is 0.148. The second-order valence-corrected chi connectivity index (χ2v) is 3.95. The normalized spacial score (nSPS) is 10.2. The number of carbonyl (C=O) groups excluding carboxylic acids is 1. The average Bonchev–Trinajstić information content (AvgIpc) is 2.32. The van der Waals surface area contributed by atoms with Crippen molar-refractivity contribution < 1.29 is 9.53 Å². The van der Waals surface area contributed by atoms with Gasteiger partial charge in [0.15, 0.2) is 0 Å². The number of nitrogen functional groups attached to an aromatic ring is 1. The van der Waals surface area contributed by atoms with Crippen LogP contribution >= 0.6 is 11.6 Å². The minimum Gasteiger partial charge on any atom is -0.398 e. The highest BCUT2D eigenvalue weighted by molar-refractivity contribution is 6.33. The predicted molar refractivity (Wildman–Crippen MR) is 69.3 cm³/mol. The number of nitrogens with two attached hydrogens (primary N) is 1. The monoisotopic (exact) mass is 256 g/mol. The first-order valence-corrected chi connectivity index (χ1v) is 5.94. The molecule has 3 N–H and O–H groups in total. The topological polar surface area (TPSA) is 64.3 Å². The molecule has 5 heteroatoms. The second-order valence-electron chi connectivity index (χ2n) is 3.54. The smallest absolute Gasteiger partial charge is 0.251 e. The van der Waals surface area contributed by atoms with Crippen molar-refractivity contribution in [2.45, 2.75) is 13.3 Å². The van der Waals surface area contributed by atoms with Crippen molar-refractivity contribution in [3.63, 3.8) is 0 Å². The summed E-state index contributed by atoms with van der Waals surface area (Å²) in [7, 11) is 0. The lowest BCUT2D eigenvalue weighted by Gasteiger charge is -2.06. The molecule has 1 aromatic rings. The molecule has 1 rings (SSSR count). The molecule has 0 atom stereocenters. The highest BCUT2D eigenvalue weighted by Crippen LogP contribution is 2.19. The summed E-state index contributed by atoms with van der Waals surface area (Å²) in [6, 6.07) is 4.84. The van der Waals surface area contributed by atoms with E-state index in [9.17, 15) is 4.79 Å². The first-order valence-electron chi connectivity index (χ1n) is 5.56. The van der Waals surface area contributed by atoms with Gasteiger partial charge in [-0.25, -0.2) is 0 Å². The molecule has 0 radical (unpaired) electrons. The molecule has 0 aliphatic carbocycles. The molecule has 0 spiro atoms. The fraction of sp³-hybridized carbons (Fsp3) is 0.417. The lowest BCUT2D eigenvalue weighted by atomic mass is 10.2.